The number of nitrogens with zero attached hydrogens (tertiary/aromatic N) is 6. The van der Waals surface area contributed by atoms with Crippen LogP contribution < -0.4 is 14.2 Å². The molecule has 0 bridgehead atoms. The third-order valence-corrected chi connectivity index (χ3v) is 13.3. The van der Waals surface area contributed by atoms with Crippen LogP contribution in [-0.4, -0.2) is 14.3 Å². The van der Waals surface area contributed by atoms with E-state index in [2.05, 4.69) is 204 Å². The number of anilines is 6. The lowest BCUT2D eigenvalue weighted by atomic mass is 9.94. The molecule has 6 nitrogen and oxygen atoms in total. The van der Waals surface area contributed by atoms with Gasteiger partial charge >= 0.3 is 0 Å². The van der Waals surface area contributed by atoms with E-state index in [0.717, 1.165) is 114 Å². The Balaban J connectivity index is 1.02. The summed E-state index contributed by atoms with van der Waals surface area (Å²) in [4.78, 5) is 16.0. The Labute approximate surface area is 368 Å². The Bertz CT molecular complexity index is 3230. The fourth-order valence-electron chi connectivity index (χ4n) is 9.93. The Kier molecular flexibility index (Phi) is 8.11. The summed E-state index contributed by atoms with van der Waals surface area (Å²) < 4.78 is 10.1. The van der Waals surface area contributed by atoms with Gasteiger partial charge in [0.2, 0.25) is 0 Å². The quantitative estimate of drug-likeness (QED) is 0.142. The van der Waals surface area contributed by atoms with E-state index in [0.29, 0.717) is 0 Å². The summed E-state index contributed by atoms with van der Waals surface area (Å²) in [6, 6.07) is 68.7. The van der Waals surface area contributed by atoms with Gasteiger partial charge in [-0.2, -0.15) is 8.75 Å². The summed E-state index contributed by atoms with van der Waals surface area (Å²) in [5.74, 6) is 0. The van der Waals surface area contributed by atoms with E-state index in [-0.39, 0.29) is 0 Å². The fourth-order valence-corrected chi connectivity index (χ4v) is 10.5. The molecular weight excluding hydrogens is 789 g/mol. The van der Waals surface area contributed by atoms with Crippen molar-refractivity contribution in [3.8, 4) is 44.8 Å². The number of rotatable bonds is 8. The van der Waals surface area contributed by atoms with Crippen LogP contribution in [0, 0.1) is 0 Å². The molecule has 63 heavy (non-hydrogen) atoms. The smallest absolute Gasteiger partial charge is 0.279 e. The minimum atomic E-state index is 0.819. The normalized spacial score (nSPS) is 12.3. The highest BCUT2D eigenvalue weighted by atomic mass is 32.1. The molecule has 0 radical (unpaired) electrons. The summed E-state index contributed by atoms with van der Waals surface area (Å²) in [5, 5.41) is 2.66. The minimum absolute atomic E-state index is 0.819. The Morgan fingerprint density at radius 3 is 1.22 bits per heavy atom. The van der Waals surface area contributed by atoms with Gasteiger partial charge in [-0.3, -0.25) is 0 Å². The number of para-hydroxylation sites is 4. The second-order valence-electron chi connectivity index (χ2n) is 16.2. The fraction of sp³-hybridized carbons (Fsp3) is 0.0357. The summed E-state index contributed by atoms with van der Waals surface area (Å²) in [7, 11) is 0. The molecule has 7 heteroatoms. The molecule has 2 heterocycles. The Morgan fingerprint density at radius 1 is 0.381 bits per heavy atom. The molecule has 296 valence electrons. The minimum Gasteiger partial charge on any atom is -0.311 e. The molecule has 0 unspecified atom stereocenters. The molecule has 0 spiro atoms. The van der Waals surface area contributed by atoms with Crippen molar-refractivity contribution in [2.45, 2.75) is 12.8 Å². The van der Waals surface area contributed by atoms with E-state index >= 15 is 0 Å². The largest absolute Gasteiger partial charge is 0.311 e. The van der Waals surface area contributed by atoms with Crippen molar-refractivity contribution in [1.29, 1.82) is 0 Å². The van der Waals surface area contributed by atoms with E-state index < -0.39 is 0 Å². The molecule has 11 aromatic rings. The molecule has 0 saturated carbocycles. The summed E-state index contributed by atoms with van der Waals surface area (Å²) in [5.41, 5.74) is 20.6. The first kappa shape index (κ1) is 35.7. The van der Waals surface area contributed by atoms with Gasteiger partial charge in [0.15, 0.2) is 0 Å². The lowest BCUT2D eigenvalue weighted by Crippen LogP contribution is -2.09. The maximum atomic E-state index is 5.70. The maximum Gasteiger partial charge on any atom is 0.279 e. The lowest BCUT2D eigenvalue weighted by molar-refractivity contribution is 1.02. The zero-order valence-corrected chi connectivity index (χ0v) is 34.8. The molecule has 2 aliphatic carbocycles. The van der Waals surface area contributed by atoms with E-state index in [1.807, 2.05) is 0 Å². The third-order valence-electron chi connectivity index (χ3n) is 12.7. The van der Waals surface area contributed by atoms with E-state index in [4.69, 9.17) is 18.7 Å². The molecule has 2 aliphatic rings. The second-order valence-corrected chi connectivity index (χ2v) is 16.8. The van der Waals surface area contributed by atoms with Crippen LogP contribution in [-0.2, 0) is 12.8 Å². The van der Waals surface area contributed by atoms with Crippen molar-refractivity contribution in [2.75, 3.05) is 9.80 Å². The zero-order chi connectivity index (χ0) is 41.4. The summed E-state index contributed by atoms with van der Waals surface area (Å²) >= 11 is 1.24. The van der Waals surface area contributed by atoms with Gasteiger partial charge in [0, 0.05) is 72.8 Å². The SMILES string of the molecule is c1ccc(N(c2ccccc2)c2ccc(-c3c4nc5c(nc4c(-c4ccc(N(c6ccccc6)c6ccccc6)cc4)c4[n-][s+]nc34)-c3ccc4c6c(ccc-5c36)CC4)cc2)cc1. The molecule has 0 aliphatic heterocycles. The second kappa shape index (κ2) is 14.3. The van der Waals surface area contributed by atoms with Crippen molar-refractivity contribution >= 4 is 78.7 Å². The standard InChI is InChI=1S/C56H36N6S/c1-5-13-39(14-6-1)61(40-15-7-2-8-16-40)43-29-23-37(24-30-43)48-53-54(58-52-46-34-28-36-22-21-35-27-33-45(51(52)57-53)50(46)47(35)36)49(56-55(48)59-63-60-56)38-25-31-44(32-26-38)62(41-17-9-3-10-18-41)42-19-11-4-12-20-42/h1-20,23-34H,21-22H2. The number of fused-ring (bicyclic) bond motifs is 5. The van der Waals surface area contributed by atoms with Gasteiger partial charge in [-0.05, 0) is 113 Å². The summed E-state index contributed by atoms with van der Waals surface area (Å²) in [6.07, 6.45) is 2.14. The van der Waals surface area contributed by atoms with Gasteiger partial charge < -0.3 is 9.80 Å². The van der Waals surface area contributed by atoms with Gasteiger partial charge in [-0.1, -0.05) is 121 Å². The van der Waals surface area contributed by atoms with Crippen LogP contribution in [0.15, 0.2) is 194 Å². The van der Waals surface area contributed by atoms with Gasteiger partial charge in [0.05, 0.1) is 22.4 Å². The highest BCUT2D eigenvalue weighted by Crippen LogP contribution is 2.52. The van der Waals surface area contributed by atoms with Crippen molar-refractivity contribution in [2.24, 2.45) is 0 Å². The number of hydrogen-bond acceptors (Lipinski definition) is 5. The van der Waals surface area contributed by atoms with Gasteiger partial charge in [0.25, 0.3) is 11.7 Å². The predicted molar refractivity (Wildman–Crippen MR) is 260 cm³/mol. The van der Waals surface area contributed by atoms with Crippen molar-refractivity contribution < 1.29 is 0 Å². The average Bonchev–Trinajstić information content (AvgIpc) is 4.08. The molecule has 0 atom stereocenters. The first-order valence-corrected chi connectivity index (χ1v) is 22.1. The molecule has 0 N–H and O–H groups in total. The average molecular weight is 825 g/mol. The van der Waals surface area contributed by atoms with E-state index in [1.54, 1.807) is 0 Å². The van der Waals surface area contributed by atoms with Crippen LogP contribution in [0.3, 0.4) is 0 Å². The first-order chi connectivity index (χ1) is 31.3. The van der Waals surface area contributed by atoms with E-state index in [9.17, 15) is 0 Å². The number of aromatic nitrogens is 4. The van der Waals surface area contributed by atoms with Crippen LogP contribution >= 0.6 is 11.7 Å². The van der Waals surface area contributed by atoms with Gasteiger partial charge in [-0.15, -0.1) is 0 Å². The number of aryl methyl sites for hydroxylation is 2. The van der Waals surface area contributed by atoms with Gasteiger partial charge in [-0.25, -0.2) is 9.97 Å². The zero-order valence-electron chi connectivity index (χ0n) is 34.0. The molecule has 13 rings (SSSR count). The van der Waals surface area contributed by atoms with Crippen LogP contribution in [0.4, 0.5) is 34.1 Å². The van der Waals surface area contributed by atoms with Crippen molar-refractivity contribution in [3.05, 3.63) is 205 Å². The molecule has 0 saturated heterocycles. The molecule has 0 amide bonds. The van der Waals surface area contributed by atoms with Crippen LogP contribution in [0.25, 0.3) is 77.6 Å². The van der Waals surface area contributed by atoms with Crippen molar-refractivity contribution in [3.63, 3.8) is 0 Å². The summed E-state index contributed by atoms with van der Waals surface area (Å²) in [6.45, 7) is 0. The van der Waals surface area contributed by atoms with Crippen molar-refractivity contribution in [1.82, 2.24) is 18.7 Å². The highest BCUT2D eigenvalue weighted by Gasteiger charge is 2.31. The maximum absolute atomic E-state index is 5.70. The van der Waals surface area contributed by atoms with Crippen LogP contribution in [0.5, 0.6) is 0 Å². The predicted octanol–water partition coefficient (Wildman–Crippen LogP) is 14.7. The molecule has 2 aromatic heterocycles. The highest BCUT2D eigenvalue weighted by molar-refractivity contribution is 7.00. The molecule has 0 fully saturated rings. The van der Waals surface area contributed by atoms with E-state index in [1.165, 1.54) is 33.6 Å². The van der Waals surface area contributed by atoms with Crippen LogP contribution in [0.1, 0.15) is 11.1 Å². The first-order valence-electron chi connectivity index (χ1n) is 21.4. The number of benzene rings is 9. The van der Waals surface area contributed by atoms with Crippen LogP contribution in [0.2, 0.25) is 0 Å². The number of hydrogen-bond donors (Lipinski definition) is 0. The monoisotopic (exact) mass is 824 g/mol. The Morgan fingerprint density at radius 2 is 0.778 bits per heavy atom. The Hall–Kier alpha value is -8.00. The molecule has 9 aromatic carbocycles. The lowest BCUT2D eigenvalue weighted by Gasteiger charge is -2.26. The molecular formula is C56H36N6S. The topological polar surface area (TPSA) is 59.3 Å². The third kappa shape index (κ3) is 5.63. The van der Waals surface area contributed by atoms with Gasteiger partial charge in [0.1, 0.15) is 0 Å².